The Morgan fingerprint density at radius 2 is 1.68 bits per heavy atom. The van der Waals surface area contributed by atoms with E-state index in [1.807, 2.05) is 45.0 Å². The third kappa shape index (κ3) is 7.91. The number of hydrogen-bond acceptors (Lipinski definition) is 8. The van der Waals surface area contributed by atoms with Crippen molar-refractivity contribution in [3.8, 4) is 22.6 Å². The molecule has 1 saturated heterocycles. The Bertz CT molecular complexity index is 1380. The lowest BCUT2D eigenvalue weighted by molar-refractivity contribution is 0.0189. The number of hydrogen-bond donors (Lipinski definition) is 0. The summed E-state index contributed by atoms with van der Waals surface area (Å²) in [7, 11) is 1.61. The van der Waals surface area contributed by atoms with Crippen LogP contribution in [0.5, 0.6) is 11.5 Å². The van der Waals surface area contributed by atoms with Crippen LogP contribution < -0.4 is 14.9 Å². The number of ether oxygens (including phenoxy) is 3. The highest BCUT2D eigenvalue weighted by atomic mass is 32.2. The van der Waals surface area contributed by atoms with Crippen LogP contribution in [0, 0.1) is 0 Å². The summed E-state index contributed by atoms with van der Waals surface area (Å²) in [4.78, 5) is 29.2. The van der Waals surface area contributed by atoms with Crippen LogP contribution >= 0.6 is 24.0 Å². The molecule has 0 atom stereocenters. The van der Waals surface area contributed by atoms with Crippen LogP contribution in [0.2, 0.25) is 0 Å². The normalized spacial score (nSPS) is 13.8. The molecular weight excluding hydrogens is 548 g/mol. The first-order chi connectivity index (χ1) is 19.1. The largest absolute Gasteiger partial charge is 0.497 e. The van der Waals surface area contributed by atoms with E-state index in [0.717, 1.165) is 34.2 Å². The van der Waals surface area contributed by atoms with Crippen LogP contribution in [0.15, 0.2) is 57.9 Å². The summed E-state index contributed by atoms with van der Waals surface area (Å²) < 4.78 is 23.2. The van der Waals surface area contributed by atoms with Gasteiger partial charge in [0.15, 0.2) is 5.43 Å². The van der Waals surface area contributed by atoms with Gasteiger partial charge in [-0.15, -0.1) is 0 Å². The van der Waals surface area contributed by atoms with Gasteiger partial charge in [-0.2, -0.15) is 0 Å². The number of piperazine rings is 1. The number of thiocarbonyl (C=S) groups is 1. The van der Waals surface area contributed by atoms with E-state index in [1.54, 1.807) is 42.0 Å². The van der Waals surface area contributed by atoms with Gasteiger partial charge >= 0.3 is 6.09 Å². The zero-order valence-electron chi connectivity index (χ0n) is 23.4. The highest BCUT2D eigenvalue weighted by Gasteiger charge is 2.26. The van der Waals surface area contributed by atoms with Crippen molar-refractivity contribution in [3.05, 3.63) is 59.0 Å². The number of nitrogens with zero attached hydrogens (tertiary/aromatic N) is 2. The van der Waals surface area contributed by atoms with Gasteiger partial charge in [0.1, 0.15) is 33.3 Å². The molecule has 2 heterocycles. The zero-order valence-corrected chi connectivity index (χ0v) is 25.1. The molecule has 0 bridgehead atoms. The zero-order chi connectivity index (χ0) is 28.7. The molecule has 4 rings (SSSR count). The summed E-state index contributed by atoms with van der Waals surface area (Å²) in [5.41, 5.74) is 1.20. The molecule has 1 aliphatic rings. The molecule has 0 unspecified atom stereocenters. The molecule has 0 saturated carbocycles. The van der Waals surface area contributed by atoms with E-state index in [9.17, 15) is 9.59 Å². The first-order valence-electron chi connectivity index (χ1n) is 13.4. The van der Waals surface area contributed by atoms with Crippen molar-refractivity contribution < 1.29 is 23.4 Å². The maximum Gasteiger partial charge on any atom is 0.410 e. The molecule has 10 heteroatoms. The number of thioether (sulfide) groups is 1. The fraction of sp³-hybridized carbons (Fsp3) is 0.433. The van der Waals surface area contributed by atoms with Crippen molar-refractivity contribution in [1.82, 2.24) is 9.80 Å². The molecule has 1 aromatic heterocycles. The van der Waals surface area contributed by atoms with E-state index in [-0.39, 0.29) is 11.5 Å². The highest BCUT2D eigenvalue weighted by molar-refractivity contribution is 8.22. The van der Waals surface area contributed by atoms with E-state index in [4.69, 9.17) is 30.8 Å². The number of fused-ring (bicyclic) bond motifs is 1. The number of amides is 1. The maximum atomic E-state index is 13.0. The lowest BCUT2D eigenvalue weighted by atomic mass is 10.1. The summed E-state index contributed by atoms with van der Waals surface area (Å²) in [6.45, 7) is 8.83. The third-order valence-electron chi connectivity index (χ3n) is 6.37. The highest BCUT2D eigenvalue weighted by Crippen LogP contribution is 2.25. The quantitative estimate of drug-likeness (QED) is 0.227. The van der Waals surface area contributed by atoms with Gasteiger partial charge in [-0.3, -0.25) is 4.79 Å². The molecule has 2 aromatic carbocycles. The van der Waals surface area contributed by atoms with Gasteiger partial charge in [-0.05, 0) is 63.4 Å². The third-order valence-corrected chi connectivity index (χ3v) is 7.98. The van der Waals surface area contributed by atoms with Crippen molar-refractivity contribution >= 4 is 45.4 Å². The predicted molar refractivity (Wildman–Crippen MR) is 164 cm³/mol. The van der Waals surface area contributed by atoms with E-state index in [1.165, 1.54) is 6.26 Å². The number of benzene rings is 2. The summed E-state index contributed by atoms with van der Waals surface area (Å²) in [6, 6.07) is 12.6. The van der Waals surface area contributed by atoms with Gasteiger partial charge in [0.05, 0.1) is 24.7 Å². The van der Waals surface area contributed by atoms with Crippen LogP contribution in [-0.4, -0.2) is 71.5 Å². The average Bonchev–Trinajstić information content (AvgIpc) is 2.94. The van der Waals surface area contributed by atoms with Crippen LogP contribution in [0.1, 0.15) is 33.6 Å². The van der Waals surface area contributed by atoms with E-state index >= 15 is 0 Å². The summed E-state index contributed by atoms with van der Waals surface area (Å²) in [5.74, 6) is 2.29. The van der Waals surface area contributed by atoms with Gasteiger partial charge in [0.2, 0.25) is 0 Å². The lowest BCUT2D eigenvalue weighted by Gasteiger charge is -2.36. The van der Waals surface area contributed by atoms with E-state index in [0.29, 0.717) is 55.1 Å². The molecule has 214 valence electrons. The number of rotatable bonds is 8. The van der Waals surface area contributed by atoms with Crippen molar-refractivity contribution in [3.63, 3.8) is 0 Å². The first-order valence-corrected chi connectivity index (χ1v) is 14.8. The van der Waals surface area contributed by atoms with Crippen LogP contribution in [-0.2, 0) is 4.74 Å². The van der Waals surface area contributed by atoms with Crippen molar-refractivity contribution in [2.45, 2.75) is 39.2 Å². The molecule has 3 aromatic rings. The molecule has 1 fully saturated rings. The Hall–Kier alpha value is -3.24. The molecule has 0 aliphatic carbocycles. The van der Waals surface area contributed by atoms with E-state index in [2.05, 4.69) is 4.90 Å². The van der Waals surface area contributed by atoms with Gasteiger partial charge in [0, 0.05) is 38.0 Å². The summed E-state index contributed by atoms with van der Waals surface area (Å²) in [5, 5.41) is 0.512. The van der Waals surface area contributed by atoms with Gasteiger partial charge in [-0.25, -0.2) is 4.79 Å². The van der Waals surface area contributed by atoms with Gasteiger partial charge in [0.25, 0.3) is 0 Å². The number of unbranched alkanes of at least 4 members (excludes halogenated alkanes) is 1. The van der Waals surface area contributed by atoms with Crippen molar-refractivity contribution in [2.75, 3.05) is 45.6 Å². The number of methoxy groups -OCH3 is 1. The van der Waals surface area contributed by atoms with Crippen molar-refractivity contribution in [2.24, 2.45) is 0 Å². The topological polar surface area (TPSA) is 81.5 Å². The maximum absolute atomic E-state index is 13.0. The molecule has 0 N–H and O–H groups in total. The minimum Gasteiger partial charge on any atom is -0.497 e. The van der Waals surface area contributed by atoms with E-state index < -0.39 is 5.60 Å². The Morgan fingerprint density at radius 3 is 2.35 bits per heavy atom. The molecule has 8 nitrogen and oxygen atoms in total. The summed E-state index contributed by atoms with van der Waals surface area (Å²) >= 11 is 7.27. The first kappa shape index (κ1) is 29.7. The fourth-order valence-electron chi connectivity index (χ4n) is 4.21. The predicted octanol–water partition coefficient (Wildman–Crippen LogP) is 6.20. The number of carbonyl (C=O) groups is 1. The van der Waals surface area contributed by atoms with Crippen LogP contribution in [0.3, 0.4) is 0 Å². The minimum absolute atomic E-state index is 0.0859. The average molecular weight is 585 g/mol. The standard InChI is InChI=1S/C30H36N2O6S2/c1-30(2,3)38-28(34)31-13-15-32(16-14-31)29(39)40-18-6-5-17-36-23-11-12-24-26(19-23)37-20-25(27(24)33)21-7-9-22(35-4)10-8-21/h7-12,19-20H,5-6,13-18H2,1-4H3. The SMILES string of the molecule is COc1ccc(-c2coc3cc(OCCCCSC(=S)N4CCN(C(=O)OC(C)(C)C)CC4)ccc3c2=O)cc1. The molecule has 1 aliphatic heterocycles. The second kappa shape index (κ2) is 13.4. The van der Waals surface area contributed by atoms with Gasteiger partial charge < -0.3 is 28.4 Å². The van der Waals surface area contributed by atoms with Crippen LogP contribution in [0.25, 0.3) is 22.1 Å². The molecular formula is C30H36N2O6S2. The fourth-order valence-corrected chi connectivity index (χ4v) is 5.53. The lowest BCUT2D eigenvalue weighted by Crippen LogP contribution is -2.50. The Labute approximate surface area is 244 Å². The summed E-state index contributed by atoms with van der Waals surface area (Å²) in [6.07, 6.45) is 3.06. The number of carbonyl (C=O) groups excluding carboxylic acids is 1. The molecule has 0 radical (unpaired) electrons. The Kier molecular flexibility index (Phi) is 9.97. The Morgan fingerprint density at radius 1 is 1.00 bits per heavy atom. The smallest absolute Gasteiger partial charge is 0.410 e. The second-order valence-corrected chi connectivity index (χ2v) is 12.2. The second-order valence-electron chi connectivity index (χ2n) is 10.5. The van der Waals surface area contributed by atoms with Gasteiger partial charge in [-0.1, -0.05) is 36.1 Å². The molecule has 40 heavy (non-hydrogen) atoms. The Balaban J connectivity index is 1.18. The van der Waals surface area contributed by atoms with Crippen molar-refractivity contribution in [1.29, 1.82) is 0 Å². The molecule has 1 amide bonds. The monoisotopic (exact) mass is 584 g/mol. The molecule has 0 spiro atoms. The van der Waals surface area contributed by atoms with Crippen LogP contribution in [0.4, 0.5) is 4.79 Å². The minimum atomic E-state index is -0.490.